The minimum atomic E-state index is -0.470. The molecule has 0 aliphatic carbocycles. The van der Waals surface area contributed by atoms with Crippen LogP contribution in [0.3, 0.4) is 0 Å². The van der Waals surface area contributed by atoms with Crippen LogP contribution in [-0.2, 0) is 14.3 Å². The number of hydrogen-bond acceptors (Lipinski definition) is 5. The minimum Gasteiger partial charge on any atom is -0.506 e. The van der Waals surface area contributed by atoms with Gasteiger partial charge in [-0.25, -0.2) is 9.59 Å². The van der Waals surface area contributed by atoms with Crippen molar-refractivity contribution < 1.29 is 24.2 Å². The van der Waals surface area contributed by atoms with Crippen molar-refractivity contribution in [3.8, 4) is 5.75 Å². The summed E-state index contributed by atoms with van der Waals surface area (Å²) in [7, 11) is 0. The Morgan fingerprint density at radius 2 is 1.74 bits per heavy atom. The zero-order valence-corrected chi connectivity index (χ0v) is 13.9. The highest BCUT2D eigenvalue weighted by molar-refractivity contribution is 6.32. The van der Waals surface area contributed by atoms with Gasteiger partial charge in [-0.15, -0.1) is 0 Å². The average molecular weight is 341 g/mol. The number of aromatic hydroxyl groups is 1. The highest BCUT2D eigenvalue weighted by Gasteiger charge is 2.09. The van der Waals surface area contributed by atoms with Gasteiger partial charge < -0.3 is 14.6 Å². The number of phenols is 1. The summed E-state index contributed by atoms with van der Waals surface area (Å²) in [6.07, 6.45) is 3.24. The molecular formula is C17H21ClO5. The van der Waals surface area contributed by atoms with Gasteiger partial charge >= 0.3 is 11.9 Å². The van der Waals surface area contributed by atoms with Crippen LogP contribution in [-0.4, -0.2) is 30.3 Å². The molecule has 0 saturated heterocycles. The van der Waals surface area contributed by atoms with Gasteiger partial charge in [-0.3, -0.25) is 0 Å². The fourth-order valence-electron chi connectivity index (χ4n) is 1.73. The zero-order chi connectivity index (χ0) is 17.2. The standard InChI is InChI=1S/C17H21ClO5/c1-12(2)16(20)22-9-5-3-4-6-10-23-17(21)13-7-8-15(19)14(18)11-13/h7-8,11,19H,1,3-6,9-10H2,2H3. The van der Waals surface area contributed by atoms with E-state index in [0.717, 1.165) is 25.7 Å². The summed E-state index contributed by atoms with van der Waals surface area (Å²) in [6, 6.07) is 4.18. The van der Waals surface area contributed by atoms with Crippen molar-refractivity contribution in [2.45, 2.75) is 32.6 Å². The Morgan fingerprint density at radius 1 is 1.13 bits per heavy atom. The molecule has 5 nitrogen and oxygen atoms in total. The van der Waals surface area contributed by atoms with Gasteiger partial charge in [0.15, 0.2) is 0 Å². The highest BCUT2D eigenvalue weighted by atomic mass is 35.5. The topological polar surface area (TPSA) is 72.8 Å². The number of rotatable bonds is 9. The Labute approximate surface area is 140 Å². The minimum absolute atomic E-state index is 0.0736. The molecule has 126 valence electrons. The number of carbonyl (C=O) groups excluding carboxylic acids is 2. The first-order valence-electron chi connectivity index (χ1n) is 7.40. The van der Waals surface area contributed by atoms with Crippen LogP contribution in [0, 0.1) is 0 Å². The van der Waals surface area contributed by atoms with Crippen LogP contribution in [0.25, 0.3) is 0 Å². The number of benzene rings is 1. The molecule has 0 spiro atoms. The lowest BCUT2D eigenvalue weighted by Gasteiger charge is -2.06. The molecule has 0 aliphatic rings. The van der Waals surface area contributed by atoms with E-state index in [9.17, 15) is 14.7 Å². The second kappa shape index (κ2) is 9.90. The van der Waals surface area contributed by atoms with Crippen LogP contribution in [0.2, 0.25) is 5.02 Å². The lowest BCUT2D eigenvalue weighted by molar-refractivity contribution is -0.139. The van der Waals surface area contributed by atoms with Crippen LogP contribution >= 0.6 is 11.6 Å². The molecule has 1 aromatic rings. The van der Waals surface area contributed by atoms with Crippen LogP contribution in [0.1, 0.15) is 43.0 Å². The third-order valence-electron chi connectivity index (χ3n) is 3.04. The van der Waals surface area contributed by atoms with E-state index in [2.05, 4.69) is 6.58 Å². The van der Waals surface area contributed by atoms with Gasteiger partial charge in [-0.05, 0) is 50.8 Å². The molecule has 0 amide bonds. The molecule has 0 aliphatic heterocycles. The Bertz CT molecular complexity index is 568. The number of ether oxygens (including phenoxy) is 2. The Hall–Kier alpha value is -2.01. The number of carbonyl (C=O) groups is 2. The van der Waals surface area contributed by atoms with Gasteiger partial charge in [0.05, 0.1) is 23.8 Å². The lowest BCUT2D eigenvalue weighted by atomic mass is 10.2. The maximum absolute atomic E-state index is 11.8. The van der Waals surface area contributed by atoms with E-state index in [4.69, 9.17) is 21.1 Å². The van der Waals surface area contributed by atoms with Crippen LogP contribution in [0.15, 0.2) is 30.4 Å². The fraction of sp³-hybridized carbons (Fsp3) is 0.412. The molecular weight excluding hydrogens is 320 g/mol. The van der Waals surface area contributed by atoms with Crippen LogP contribution in [0.4, 0.5) is 0 Å². The second-order valence-electron chi connectivity index (χ2n) is 5.13. The van der Waals surface area contributed by atoms with Gasteiger partial charge in [0.1, 0.15) is 5.75 Å². The van der Waals surface area contributed by atoms with Gasteiger partial charge in [0, 0.05) is 5.57 Å². The predicted molar refractivity (Wildman–Crippen MR) is 87.6 cm³/mol. The number of phenolic OH excluding ortho intramolecular Hbond substituents is 1. The van der Waals surface area contributed by atoms with Crippen molar-refractivity contribution in [3.05, 3.63) is 40.9 Å². The van der Waals surface area contributed by atoms with E-state index in [1.165, 1.54) is 18.2 Å². The molecule has 23 heavy (non-hydrogen) atoms. The number of hydrogen-bond donors (Lipinski definition) is 1. The van der Waals surface area contributed by atoms with Crippen molar-refractivity contribution in [1.82, 2.24) is 0 Å². The molecule has 1 rings (SSSR count). The maximum atomic E-state index is 11.8. The molecule has 0 radical (unpaired) electrons. The first kappa shape index (κ1) is 19.0. The molecule has 1 N–H and O–H groups in total. The Balaban J connectivity index is 2.10. The van der Waals surface area contributed by atoms with Gasteiger partial charge in [0.25, 0.3) is 0 Å². The summed E-state index contributed by atoms with van der Waals surface area (Å²) in [5, 5.41) is 9.40. The molecule has 1 aromatic carbocycles. The summed E-state index contributed by atoms with van der Waals surface area (Å²) in [6.45, 7) is 5.79. The second-order valence-corrected chi connectivity index (χ2v) is 5.54. The first-order chi connectivity index (χ1) is 10.9. The SMILES string of the molecule is C=C(C)C(=O)OCCCCCCOC(=O)c1ccc(O)c(Cl)c1. The van der Waals surface area contributed by atoms with E-state index in [0.29, 0.717) is 24.4 Å². The van der Waals surface area contributed by atoms with Crippen molar-refractivity contribution in [2.24, 2.45) is 0 Å². The number of halogens is 1. The molecule has 0 unspecified atom stereocenters. The maximum Gasteiger partial charge on any atom is 0.338 e. The van der Waals surface area contributed by atoms with E-state index in [-0.39, 0.29) is 16.7 Å². The van der Waals surface area contributed by atoms with E-state index < -0.39 is 5.97 Å². The average Bonchev–Trinajstić information content (AvgIpc) is 2.51. The normalized spacial score (nSPS) is 10.2. The molecule has 0 aromatic heterocycles. The van der Waals surface area contributed by atoms with Crippen LogP contribution < -0.4 is 0 Å². The Kier molecular flexibility index (Phi) is 8.19. The van der Waals surface area contributed by atoms with Gasteiger partial charge in [-0.1, -0.05) is 18.2 Å². The quantitative estimate of drug-likeness (QED) is 0.419. The highest BCUT2D eigenvalue weighted by Crippen LogP contribution is 2.23. The van der Waals surface area contributed by atoms with Crippen LogP contribution in [0.5, 0.6) is 5.75 Å². The lowest BCUT2D eigenvalue weighted by Crippen LogP contribution is -2.07. The van der Waals surface area contributed by atoms with E-state index >= 15 is 0 Å². The summed E-state index contributed by atoms with van der Waals surface area (Å²) in [4.78, 5) is 22.9. The molecule has 6 heteroatoms. The third-order valence-corrected chi connectivity index (χ3v) is 3.34. The molecule has 0 bridgehead atoms. The largest absolute Gasteiger partial charge is 0.506 e. The van der Waals surface area contributed by atoms with Gasteiger partial charge in [0.2, 0.25) is 0 Å². The first-order valence-corrected chi connectivity index (χ1v) is 7.78. The summed E-state index contributed by atoms with van der Waals surface area (Å²) in [5.41, 5.74) is 0.700. The zero-order valence-electron chi connectivity index (χ0n) is 13.1. The monoisotopic (exact) mass is 340 g/mol. The molecule has 0 heterocycles. The van der Waals surface area contributed by atoms with Crippen molar-refractivity contribution in [3.63, 3.8) is 0 Å². The summed E-state index contributed by atoms with van der Waals surface area (Å²) < 4.78 is 10.1. The summed E-state index contributed by atoms with van der Waals surface area (Å²) in [5.74, 6) is -0.913. The molecule has 0 fully saturated rings. The fourth-order valence-corrected chi connectivity index (χ4v) is 1.91. The van der Waals surface area contributed by atoms with E-state index in [1.54, 1.807) is 6.92 Å². The number of unbranched alkanes of at least 4 members (excludes halogenated alkanes) is 3. The predicted octanol–water partition coefficient (Wildman–Crippen LogP) is 3.88. The Morgan fingerprint density at radius 3 is 2.30 bits per heavy atom. The molecule has 0 saturated carbocycles. The summed E-state index contributed by atoms with van der Waals surface area (Å²) >= 11 is 5.73. The van der Waals surface area contributed by atoms with Crippen molar-refractivity contribution in [2.75, 3.05) is 13.2 Å². The van der Waals surface area contributed by atoms with Crippen molar-refractivity contribution >= 4 is 23.5 Å². The van der Waals surface area contributed by atoms with Gasteiger partial charge in [-0.2, -0.15) is 0 Å². The van der Waals surface area contributed by atoms with E-state index in [1.807, 2.05) is 0 Å². The number of esters is 2. The third kappa shape index (κ3) is 7.19. The van der Waals surface area contributed by atoms with Crippen molar-refractivity contribution in [1.29, 1.82) is 0 Å². The molecule has 0 atom stereocenters. The smallest absolute Gasteiger partial charge is 0.338 e.